The molecule has 1 aromatic rings. The van der Waals surface area contributed by atoms with Gasteiger partial charge in [0.2, 0.25) is 5.91 Å². The van der Waals surface area contributed by atoms with Crippen LogP contribution < -0.4 is 11.0 Å². The third-order valence-corrected chi connectivity index (χ3v) is 2.78. The third-order valence-electron chi connectivity index (χ3n) is 1.81. The maximum atomic E-state index is 11.2. The first-order valence-corrected chi connectivity index (χ1v) is 5.83. The normalized spacial score (nSPS) is 10.4. The van der Waals surface area contributed by atoms with Crippen LogP contribution in [0.1, 0.15) is 6.92 Å². The molecule has 0 unspecified atom stereocenters. The number of carbonyl (C=O) groups is 1. The van der Waals surface area contributed by atoms with Crippen LogP contribution in [0.4, 0.5) is 0 Å². The molecule has 1 rings (SSSR count). The lowest BCUT2D eigenvalue weighted by Gasteiger charge is -2.03. The van der Waals surface area contributed by atoms with Gasteiger partial charge in [-0.05, 0) is 6.92 Å². The first-order chi connectivity index (χ1) is 7.69. The van der Waals surface area contributed by atoms with Crippen molar-refractivity contribution >= 4 is 17.7 Å². The zero-order valence-electron chi connectivity index (χ0n) is 8.89. The minimum absolute atomic E-state index is 0.0848. The van der Waals surface area contributed by atoms with Crippen molar-refractivity contribution in [3.05, 3.63) is 10.5 Å². The van der Waals surface area contributed by atoms with Gasteiger partial charge in [-0.2, -0.15) is 0 Å². The molecule has 0 aliphatic rings. The summed E-state index contributed by atoms with van der Waals surface area (Å²) >= 11 is 1.18. The number of thioether (sulfide) groups is 1. The van der Waals surface area contributed by atoms with Crippen LogP contribution in [0, 0.1) is 0 Å². The van der Waals surface area contributed by atoms with Crippen molar-refractivity contribution in [2.24, 2.45) is 0 Å². The predicted octanol–water partition coefficient (Wildman–Crippen LogP) is -1.21. The van der Waals surface area contributed by atoms with Crippen LogP contribution in [-0.2, 0) is 11.3 Å². The molecule has 1 aromatic heterocycles. The van der Waals surface area contributed by atoms with Crippen molar-refractivity contribution in [1.82, 2.24) is 20.1 Å². The van der Waals surface area contributed by atoms with E-state index in [1.54, 1.807) is 0 Å². The number of hydrogen-bond donors (Lipinski definition) is 3. The summed E-state index contributed by atoms with van der Waals surface area (Å²) in [5.41, 5.74) is -0.277. The van der Waals surface area contributed by atoms with Crippen LogP contribution in [-0.4, -0.2) is 44.7 Å². The van der Waals surface area contributed by atoms with Crippen LogP contribution in [0.5, 0.6) is 0 Å². The van der Waals surface area contributed by atoms with Gasteiger partial charge >= 0.3 is 5.69 Å². The van der Waals surface area contributed by atoms with Gasteiger partial charge in [-0.3, -0.25) is 9.36 Å². The molecule has 1 heterocycles. The summed E-state index contributed by atoms with van der Waals surface area (Å²) in [6.07, 6.45) is 0. The number of H-pyrrole nitrogens is 1. The van der Waals surface area contributed by atoms with Crippen molar-refractivity contribution in [1.29, 1.82) is 0 Å². The van der Waals surface area contributed by atoms with Gasteiger partial charge in [0.1, 0.15) is 0 Å². The predicted molar refractivity (Wildman–Crippen MR) is 59.3 cm³/mol. The zero-order chi connectivity index (χ0) is 12.0. The fourth-order valence-electron chi connectivity index (χ4n) is 1.07. The highest BCUT2D eigenvalue weighted by Crippen LogP contribution is 2.11. The highest BCUT2D eigenvalue weighted by Gasteiger charge is 2.09. The van der Waals surface area contributed by atoms with Gasteiger partial charge in [0.25, 0.3) is 0 Å². The number of amides is 1. The fourth-order valence-corrected chi connectivity index (χ4v) is 1.91. The number of aromatic amines is 1. The quantitative estimate of drug-likeness (QED) is 0.547. The Bertz CT molecular complexity index is 400. The molecule has 7 nitrogen and oxygen atoms in total. The Morgan fingerprint density at radius 1 is 1.69 bits per heavy atom. The highest BCUT2D eigenvalue weighted by molar-refractivity contribution is 7.99. The molecular formula is C8H14N4O3S. The number of nitrogens with one attached hydrogen (secondary N) is 2. The van der Waals surface area contributed by atoms with Crippen molar-refractivity contribution < 1.29 is 9.90 Å². The molecule has 0 saturated carbocycles. The average Bonchev–Trinajstić information content (AvgIpc) is 2.64. The minimum Gasteiger partial charge on any atom is -0.395 e. The monoisotopic (exact) mass is 246 g/mol. The highest BCUT2D eigenvalue weighted by atomic mass is 32.2. The summed E-state index contributed by atoms with van der Waals surface area (Å²) in [6.45, 7) is 2.49. The molecule has 0 aromatic carbocycles. The lowest BCUT2D eigenvalue weighted by atomic mass is 10.6. The molecule has 0 saturated heterocycles. The van der Waals surface area contributed by atoms with E-state index in [1.807, 2.05) is 6.92 Å². The Morgan fingerprint density at radius 2 is 2.44 bits per heavy atom. The second kappa shape index (κ2) is 6.33. The number of hydrogen-bond acceptors (Lipinski definition) is 5. The second-order valence-electron chi connectivity index (χ2n) is 2.92. The fraction of sp³-hybridized carbons (Fsp3) is 0.625. The van der Waals surface area contributed by atoms with E-state index in [0.29, 0.717) is 11.7 Å². The van der Waals surface area contributed by atoms with Gasteiger partial charge in [0.05, 0.1) is 12.4 Å². The summed E-state index contributed by atoms with van der Waals surface area (Å²) in [4.78, 5) is 22.4. The Kier molecular flexibility index (Phi) is 5.06. The zero-order valence-corrected chi connectivity index (χ0v) is 9.71. The summed E-state index contributed by atoms with van der Waals surface area (Å²) in [5.74, 6) is -0.0262. The topological polar surface area (TPSA) is 100 Å². The van der Waals surface area contributed by atoms with E-state index in [0.717, 1.165) is 0 Å². The molecule has 0 aliphatic carbocycles. The van der Waals surface area contributed by atoms with Crippen LogP contribution in [0.2, 0.25) is 0 Å². The van der Waals surface area contributed by atoms with Crippen LogP contribution in [0.3, 0.4) is 0 Å². The van der Waals surface area contributed by atoms with Crippen molar-refractivity contribution in [2.75, 3.05) is 18.9 Å². The van der Waals surface area contributed by atoms with E-state index in [-0.39, 0.29) is 30.5 Å². The number of carbonyl (C=O) groups excluding carboxylic acids is 1. The summed E-state index contributed by atoms with van der Waals surface area (Å²) < 4.78 is 1.45. The van der Waals surface area contributed by atoms with E-state index in [4.69, 9.17) is 5.11 Å². The molecular weight excluding hydrogens is 232 g/mol. The van der Waals surface area contributed by atoms with Gasteiger partial charge < -0.3 is 10.4 Å². The smallest absolute Gasteiger partial charge is 0.343 e. The Hall–Kier alpha value is -1.28. The largest absolute Gasteiger partial charge is 0.395 e. The maximum Gasteiger partial charge on any atom is 0.343 e. The van der Waals surface area contributed by atoms with E-state index in [1.165, 1.54) is 16.3 Å². The number of nitrogens with zero attached hydrogens (tertiary/aromatic N) is 2. The second-order valence-corrected chi connectivity index (χ2v) is 3.86. The summed E-state index contributed by atoms with van der Waals surface area (Å²) in [5, 5.41) is 17.6. The van der Waals surface area contributed by atoms with Crippen molar-refractivity contribution in [2.45, 2.75) is 18.6 Å². The molecule has 0 bridgehead atoms. The molecule has 0 aliphatic heterocycles. The molecule has 8 heteroatoms. The van der Waals surface area contributed by atoms with Gasteiger partial charge in [0.15, 0.2) is 5.16 Å². The summed E-state index contributed by atoms with van der Waals surface area (Å²) in [7, 11) is 0. The molecule has 3 N–H and O–H groups in total. The standard InChI is InChI=1S/C8H14N4O3S/c1-2-12-7(15)10-11-8(12)16-5-6(14)9-3-4-13/h13H,2-5H2,1H3,(H,9,14)(H,10,15). The van der Waals surface area contributed by atoms with Crippen LogP contribution in [0.15, 0.2) is 9.95 Å². The van der Waals surface area contributed by atoms with Gasteiger partial charge in [-0.25, -0.2) is 9.89 Å². The van der Waals surface area contributed by atoms with E-state index >= 15 is 0 Å². The lowest BCUT2D eigenvalue weighted by molar-refractivity contribution is -0.118. The van der Waals surface area contributed by atoms with Crippen LogP contribution in [0.25, 0.3) is 0 Å². The molecule has 16 heavy (non-hydrogen) atoms. The molecule has 0 atom stereocenters. The van der Waals surface area contributed by atoms with Gasteiger partial charge in [-0.15, -0.1) is 5.10 Å². The molecule has 90 valence electrons. The SMILES string of the molecule is CCn1c(SCC(=O)NCCO)n[nH]c1=O. The van der Waals surface area contributed by atoms with Gasteiger partial charge in [0, 0.05) is 13.1 Å². The molecule has 1 amide bonds. The number of aliphatic hydroxyl groups excluding tert-OH is 1. The third kappa shape index (κ3) is 3.38. The number of aromatic nitrogens is 3. The number of aliphatic hydroxyl groups is 1. The Morgan fingerprint density at radius 3 is 3.06 bits per heavy atom. The average molecular weight is 246 g/mol. The molecule has 0 spiro atoms. The van der Waals surface area contributed by atoms with Crippen molar-refractivity contribution in [3.8, 4) is 0 Å². The van der Waals surface area contributed by atoms with E-state index < -0.39 is 0 Å². The van der Waals surface area contributed by atoms with E-state index in [9.17, 15) is 9.59 Å². The first kappa shape index (κ1) is 12.8. The summed E-state index contributed by atoms with van der Waals surface area (Å²) in [6, 6.07) is 0. The number of rotatable bonds is 6. The minimum atomic E-state index is -0.277. The maximum absolute atomic E-state index is 11.2. The van der Waals surface area contributed by atoms with Gasteiger partial charge in [-0.1, -0.05) is 11.8 Å². The lowest BCUT2D eigenvalue weighted by Crippen LogP contribution is -2.28. The molecule has 0 fully saturated rings. The van der Waals surface area contributed by atoms with E-state index in [2.05, 4.69) is 15.5 Å². The Labute approximate surface area is 96.2 Å². The van der Waals surface area contributed by atoms with Crippen molar-refractivity contribution in [3.63, 3.8) is 0 Å². The first-order valence-electron chi connectivity index (χ1n) is 4.84. The molecule has 0 radical (unpaired) electrons. The Balaban J connectivity index is 2.48. The van der Waals surface area contributed by atoms with Crippen LogP contribution >= 0.6 is 11.8 Å².